The third-order valence-electron chi connectivity index (χ3n) is 3.51. The van der Waals surface area contributed by atoms with Crippen LogP contribution < -0.4 is 0 Å². The Morgan fingerprint density at radius 1 is 1.13 bits per heavy atom. The molecule has 5 heteroatoms. The zero-order valence-electron chi connectivity index (χ0n) is 12.4. The average Bonchev–Trinajstić information content (AvgIpc) is 3.08. The van der Waals surface area contributed by atoms with Gasteiger partial charge in [0.25, 0.3) is 0 Å². The Morgan fingerprint density at radius 3 is 2.61 bits per heavy atom. The third kappa shape index (κ3) is 3.94. The zero-order chi connectivity index (χ0) is 16.1. The number of imidazole rings is 1. The molecule has 3 aromatic rings. The SMILES string of the molecule is OC(C=Cc1ccc(Br)cc1)(Cn1ccnc1)c1ccccn1. The maximum absolute atomic E-state index is 11.2. The number of pyridine rings is 1. The third-order valence-corrected chi connectivity index (χ3v) is 4.04. The monoisotopic (exact) mass is 369 g/mol. The summed E-state index contributed by atoms with van der Waals surface area (Å²) in [6, 6.07) is 13.4. The van der Waals surface area contributed by atoms with E-state index in [1.54, 1.807) is 24.8 Å². The molecule has 116 valence electrons. The highest BCUT2D eigenvalue weighted by Crippen LogP contribution is 2.24. The van der Waals surface area contributed by atoms with E-state index in [0.29, 0.717) is 12.2 Å². The molecule has 0 saturated heterocycles. The van der Waals surface area contributed by atoms with Crippen molar-refractivity contribution >= 4 is 22.0 Å². The van der Waals surface area contributed by atoms with Crippen molar-refractivity contribution in [2.24, 2.45) is 0 Å². The number of nitrogens with zero attached hydrogens (tertiary/aromatic N) is 3. The van der Waals surface area contributed by atoms with Crippen molar-refractivity contribution in [1.29, 1.82) is 0 Å². The maximum Gasteiger partial charge on any atom is 0.143 e. The Morgan fingerprint density at radius 2 is 1.96 bits per heavy atom. The fourth-order valence-electron chi connectivity index (χ4n) is 2.30. The molecule has 1 N–H and O–H groups in total. The molecule has 0 spiro atoms. The fraction of sp³-hybridized carbons (Fsp3) is 0.111. The van der Waals surface area contributed by atoms with Gasteiger partial charge in [0.15, 0.2) is 0 Å². The number of halogens is 1. The Hall–Kier alpha value is -2.24. The van der Waals surface area contributed by atoms with Gasteiger partial charge < -0.3 is 9.67 Å². The summed E-state index contributed by atoms with van der Waals surface area (Å²) in [5.41, 5.74) is 0.393. The second-order valence-electron chi connectivity index (χ2n) is 5.26. The van der Waals surface area contributed by atoms with Crippen LogP contribution in [-0.4, -0.2) is 19.6 Å². The minimum Gasteiger partial charge on any atom is -0.377 e. The van der Waals surface area contributed by atoms with E-state index in [2.05, 4.69) is 25.9 Å². The summed E-state index contributed by atoms with van der Waals surface area (Å²) in [5.74, 6) is 0. The summed E-state index contributed by atoms with van der Waals surface area (Å²) in [7, 11) is 0. The number of aromatic nitrogens is 3. The van der Waals surface area contributed by atoms with E-state index in [1.165, 1.54) is 0 Å². The van der Waals surface area contributed by atoms with Gasteiger partial charge in [-0.3, -0.25) is 4.98 Å². The van der Waals surface area contributed by atoms with Crippen LogP contribution in [0.3, 0.4) is 0 Å². The topological polar surface area (TPSA) is 50.9 Å². The van der Waals surface area contributed by atoms with Gasteiger partial charge in [0, 0.05) is 23.1 Å². The zero-order valence-corrected chi connectivity index (χ0v) is 14.0. The van der Waals surface area contributed by atoms with Crippen molar-refractivity contribution in [3.63, 3.8) is 0 Å². The molecule has 3 rings (SSSR count). The Balaban J connectivity index is 1.93. The van der Waals surface area contributed by atoms with E-state index in [1.807, 2.05) is 59.3 Å². The Bertz CT molecular complexity index is 770. The highest BCUT2D eigenvalue weighted by molar-refractivity contribution is 9.10. The molecule has 0 aliphatic carbocycles. The molecule has 1 aromatic carbocycles. The molecule has 2 heterocycles. The summed E-state index contributed by atoms with van der Waals surface area (Å²) < 4.78 is 2.86. The molecule has 0 aliphatic heterocycles. The lowest BCUT2D eigenvalue weighted by molar-refractivity contribution is 0.0659. The lowest BCUT2D eigenvalue weighted by Gasteiger charge is -2.24. The van der Waals surface area contributed by atoms with E-state index in [9.17, 15) is 5.11 Å². The fourth-order valence-corrected chi connectivity index (χ4v) is 2.57. The van der Waals surface area contributed by atoms with Gasteiger partial charge in [0.1, 0.15) is 5.60 Å². The van der Waals surface area contributed by atoms with Crippen LogP contribution in [0.1, 0.15) is 11.3 Å². The first kappa shape index (κ1) is 15.6. The number of hydrogen-bond donors (Lipinski definition) is 1. The van der Waals surface area contributed by atoms with E-state index in [-0.39, 0.29) is 0 Å². The van der Waals surface area contributed by atoms with Crippen molar-refractivity contribution in [3.8, 4) is 0 Å². The quantitative estimate of drug-likeness (QED) is 0.746. The highest BCUT2D eigenvalue weighted by Gasteiger charge is 2.28. The summed E-state index contributed by atoms with van der Waals surface area (Å²) >= 11 is 3.42. The molecule has 2 aromatic heterocycles. The van der Waals surface area contributed by atoms with Crippen LogP contribution in [0.5, 0.6) is 0 Å². The van der Waals surface area contributed by atoms with Crippen LogP contribution in [0.25, 0.3) is 6.08 Å². The van der Waals surface area contributed by atoms with E-state index >= 15 is 0 Å². The maximum atomic E-state index is 11.2. The predicted octanol–water partition coefficient (Wildman–Crippen LogP) is 3.64. The smallest absolute Gasteiger partial charge is 0.143 e. The van der Waals surface area contributed by atoms with Crippen LogP contribution in [0.15, 0.2) is 77.9 Å². The minimum absolute atomic E-state index is 0.344. The standard InChI is InChI=1S/C18H16BrN3O/c19-16-6-4-15(5-7-16)8-9-18(23,13-22-12-11-20-14-22)17-3-1-2-10-21-17/h1-12,14,23H,13H2. The predicted molar refractivity (Wildman–Crippen MR) is 93.5 cm³/mol. The molecule has 1 atom stereocenters. The van der Waals surface area contributed by atoms with Crippen molar-refractivity contribution in [3.05, 3.63) is 89.2 Å². The van der Waals surface area contributed by atoms with Gasteiger partial charge in [-0.2, -0.15) is 0 Å². The van der Waals surface area contributed by atoms with Crippen molar-refractivity contribution in [1.82, 2.24) is 14.5 Å². The second kappa shape index (κ2) is 6.89. The van der Waals surface area contributed by atoms with Crippen LogP contribution in [-0.2, 0) is 12.1 Å². The number of aliphatic hydroxyl groups is 1. The van der Waals surface area contributed by atoms with Crippen molar-refractivity contribution in [2.75, 3.05) is 0 Å². The van der Waals surface area contributed by atoms with Gasteiger partial charge in [-0.25, -0.2) is 4.98 Å². The number of hydrogen-bond acceptors (Lipinski definition) is 3. The first-order valence-corrected chi connectivity index (χ1v) is 7.99. The van der Waals surface area contributed by atoms with Gasteiger partial charge >= 0.3 is 0 Å². The molecule has 1 unspecified atom stereocenters. The number of benzene rings is 1. The molecule has 0 fully saturated rings. The molecule has 0 saturated carbocycles. The van der Waals surface area contributed by atoms with Gasteiger partial charge in [-0.05, 0) is 35.9 Å². The molecule has 0 radical (unpaired) electrons. The minimum atomic E-state index is -1.21. The van der Waals surface area contributed by atoms with Crippen LogP contribution in [0.2, 0.25) is 0 Å². The molecule has 23 heavy (non-hydrogen) atoms. The highest BCUT2D eigenvalue weighted by atomic mass is 79.9. The van der Waals surface area contributed by atoms with E-state index < -0.39 is 5.60 Å². The largest absolute Gasteiger partial charge is 0.377 e. The lowest BCUT2D eigenvalue weighted by atomic mass is 9.97. The first-order chi connectivity index (χ1) is 11.2. The van der Waals surface area contributed by atoms with Crippen molar-refractivity contribution in [2.45, 2.75) is 12.1 Å². The Labute approximate surface area is 143 Å². The second-order valence-corrected chi connectivity index (χ2v) is 6.17. The first-order valence-electron chi connectivity index (χ1n) is 7.20. The molecular formula is C18H16BrN3O. The lowest BCUT2D eigenvalue weighted by Crippen LogP contribution is -2.29. The van der Waals surface area contributed by atoms with Crippen LogP contribution >= 0.6 is 15.9 Å². The van der Waals surface area contributed by atoms with Crippen LogP contribution in [0, 0.1) is 0 Å². The normalized spacial score (nSPS) is 14.0. The molecule has 0 amide bonds. The molecule has 0 aliphatic rings. The van der Waals surface area contributed by atoms with Gasteiger partial charge in [-0.15, -0.1) is 0 Å². The summed E-state index contributed by atoms with van der Waals surface area (Å²) in [6.07, 6.45) is 10.6. The van der Waals surface area contributed by atoms with E-state index in [4.69, 9.17) is 0 Å². The van der Waals surface area contributed by atoms with Crippen LogP contribution in [0.4, 0.5) is 0 Å². The summed E-state index contributed by atoms with van der Waals surface area (Å²) in [5, 5.41) is 11.2. The average molecular weight is 370 g/mol. The number of rotatable bonds is 5. The molecule has 0 bridgehead atoms. The summed E-state index contributed by atoms with van der Waals surface area (Å²) in [4.78, 5) is 8.35. The van der Waals surface area contributed by atoms with E-state index in [0.717, 1.165) is 10.0 Å². The molecular weight excluding hydrogens is 354 g/mol. The van der Waals surface area contributed by atoms with Gasteiger partial charge in [-0.1, -0.05) is 40.2 Å². The van der Waals surface area contributed by atoms with Gasteiger partial charge in [0.05, 0.1) is 18.6 Å². The van der Waals surface area contributed by atoms with Crippen molar-refractivity contribution < 1.29 is 5.11 Å². The van der Waals surface area contributed by atoms with Gasteiger partial charge in [0.2, 0.25) is 0 Å². The summed E-state index contributed by atoms with van der Waals surface area (Å²) in [6.45, 7) is 0.344. The Kier molecular flexibility index (Phi) is 4.69. The molecule has 4 nitrogen and oxygen atoms in total.